The van der Waals surface area contributed by atoms with Crippen molar-refractivity contribution in [3.8, 4) is 0 Å². The molecule has 5 nitrogen and oxygen atoms in total. The van der Waals surface area contributed by atoms with E-state index in [0.717, 1.165) is 0 Å². The summed E-state index contributed by atoms with van der Waals surface area (Å²) in [6.45, 7) is 3.13. The second kappa shape index (κ2) is 4.16. The van der Waals surface area contributed by atoms with Gasteiger partial charge in [0, 0.05) is 0 Å². The largest absolute Gasteiger partial charge is 0.472 e. The first-order valence-corrected chi connectivity index (χ1v) is 4.40. The minimum atomic E-state index is -1.05. The lowest BCUT2D eigenvalue weighted by molar-refractivity contribution is -0.146. The summed E-state index contributed by atoms with van der Waals surface area (Å²) in [5.41, 5.74) is -0.685. The molecule has 0 saturated heterocycles. The summed E-state index contributed by atoms with van der Waals surface area (Å²) in [6.07, 6.45) is 2.70. The Kier molecular flexibility index (Phi) is 3.14. The number of hydrogen-bond donors (Lipinski definition) is 1. The van der Waals surface area contributed by atoms with Gasteiger partial charge in [0.1, 0.15) is 11.8 Å². The van der Waals surface area contributed by atoms with Crippen LogP contribution in [0.3, 0.4) is 0 Å². The standard InChI is InChI=1S/C10H13NO4/c1-10(2,9(13)14-3)11-8(12)7-4-5-15-6-7/h4-6H,1-3H3,(H,11,12). The first-order chi connectivity index (χ1) is 6.97. The predicted molar refractivity (Wildman–Crippen MR) is 52.3 cm³/mol. The molecule has 5 heteroatoms. The lowest BCUT2D eigenvalue weighted by Crippen LogP contribution is -2.50. The van der Waals surface area contributed by atoms with Crippen LogP contribution in [-0.2, 0) is 9.53 Å². The van der Waals surface area contributed by atoms with Crippen molar-refractivity contribution in [2.24, 2.45) is 0 Å². The molecule has 1 heterocycles. The number of esters is 1. The highest BCUT2D eigenvalue weighted by Gasteiger charge is 2.30. The van der Waals surface area contributed by atoms with Crippen LogP contribution in [0.5, 0.6) is 0 Å². The van der Waals surface area contributed by atoms with Gasteiger partial charge in [0.2, 0.25) is 0 Å². The van der Waals surface area contributed by atoms with Crippen LogP contribution >= 0.6 is 0 Å². The lowest BCUT2D eigenvalue weighted by atomic mass is 10.1. The minimum Gasteiger partial charge on any atom is -0.472 e. The Morgan fingerprint density at radius 2 is 2.13 bits per heavy atom. The van der Waals surface area contributed by atoms with E-state index in [0.29, 0.717) is 5.56 Å². The first kappa shape index (κ1) is 11.3. The predicted octanol–water partition coefficient (Wildman–Crippen LogP) is 0.961. The van der Waals surface area contributed by atoms with Gasteiger partial charge in [0.05, 0.1) is 18.9 Å². The highest BCUT2D eigenvalue weighted by atomic mass is 16.5. The molecule has 0 aliphatic carbocycles. The summed E-state index contributed by atoms with van der Waals surface area (Å²) in [6, 6.07) is 1.52. The van der Waals surface area contributed by atoms with E-state index in [1.807, 2.05) is 0 Å². The smallest absolute Gasteiger partial charge is 0.330 e. The van der Waals surface area contributed by atoms with Crippen molar-refractivity contribution in [1.82, 2.24) is 5.32 Å². The zero-order valence-electron chi connectivity index (χ0n) is 8.87. The Labute approximate surface area is 87.4 Å². The highest BCUT2D eigenvalue weighted by Crippen LogP contribution is 2.07. The van der Waals surface area contributed by atoms with Gasteiger partial charge in [-0.15, -0.1) is 0 Å². The number of furan rings is 1. The summed E-state index contributed by atoms with van der Waals surface area (Å²) in [7, 11) is 1.27. The van der Waals surface area contributed by atoms with Gasteiger partial charge >= 0.3 is 5.97 Å². The van der Waals surface area contributed by atoms with Crippen LogP contribution in [0.1, 0.15) is 24.2 Å². The Balaban J connectivity index is 2.70. The van der Waals surface area contributed by atoms with E-state index in [2.05, 4.69) is 10.1 Å². The molecule has 1 aromatic rings. The number of nitrogens with one attached hydrogen (secondary N) is 1. The van der Waals surface area contributed by atoms with Gasteiger partial charge in [-0.2, -0.15) is 0 Å². The van der Waals surface area contributed by atoms with E-state index in [-0.39, 0.29) is 5.91 Å². The van der Waals surface area contributed by atoms with Crippen LogP contribution in [0.15, 0.2) is 23.0 Å². The zero-order valence-corrected chi connectivity index (χ0v) is 8.87. The molecule has 0 unspecified atom stereocenters. The molecule has 0 aliphatic rings. The van der Waals surface area contributed by atoms with Gasteiger partial charge < -0.3 is 14.5 Å². The Morgan fingerprint density at radius 3 is 2.60 bits per heavy atom. The molecule has 0 aromatic carbocycles. The van der Waals surface area contributed by atoms with Crippen molar-refractivity contribution in [2.75, 3.05) is 7.11 Å². The fourth-order valence-electron chi connectivity index (χ4n) is 1.06. The molecular weight excluding hydrogens is 198 g/mol. The monoisotopic (exact) mass is 211 g/mol. The molecule has 1 aromatic heterocycles. The lowest BCUT2D eigenvalue weighted by Gasteiger charge is -2.22. The van der Waals surface area contributed by atoms with E-state index in [4.69, 9.17) is 4.42 Å². The fraction of sp³-hybridized carbons (Fsp3) is 0.400. The topological polar surface area (TPSA) is 68.5 Å². The average Bonchev–Trinajstić information content (AvgIpc) is 2.68. The summed E-state index contributed by atoms with van der Waals surface area (Å²) in [5, 5.41) is 2.54. The number of rotatable bonds is 3. The van der Waals surface area contributed by atoms with Crippen molar-refractivity contribution in [3.05, 3.63) is 24.2 Å². The Bertz CT molecular complexity index is 354. The van der Waals surface area contributed by atoms with E-state index in [1.165, 1.54) is 25.7 Å². The maximum atomic E-state index is 11.6. The Morgan fingerprint density at radius 1 is 1.47 bits per heavy atom. The maximum absolute atomic E-state index is 11.6. The van der Waals surface area contributed by atoms with E-state index in [1.54, 1.807) is 13.8 Å². The van der Waals surface area contributed by atoms with Crippen molar-refractivity contribution in [2.45, 2.75) is 19.4 Å². The number of hydrogen-bond acceptors (Lipinski definition) is 4. The van der Waals surface area contributed by atoms with Crippen LogP contribution in [-0.4, -0.2) is 24.5 Å². The van der Waals surface area contributed by atoms with Crippen molar-refractivity contribution < 1.29 is 18.7 Å². The van der Waals surface area contributed by atoms with Crippen molar-refractivity contribution in [3.63, 3.8) is 0 Å². The van der Waals surface area contributed by atoms with Gasteiger partial charge in [-0.05, 0) is 19.9 Å². The average molecular weight is 211 g/mol. The van der Waals surface area contributed by atoms with E-state index in [9.17, 15) is 9.59 Å². The van der Waals surface area contributed by atoms with Crippen LogP contribution in [0.4, 0.5) is 0 Å². The third-order valence-corrected chi connectivity index (χ3v) is 1.91. The third kappa shape index (κ3) is 2.59. The Hall–Kier alpha value is -1.78. The molecule has 0 aliphatic heterocycles. The number of carbonyl (C=O) groups is 2. The zero-order chi connectivity index (χ0) is 11.5. The molecule has 0 fully saturated rings. The number of carbonyl (C=O) groups excluding carboxylic acids is 2. The molecule has 82 valence electrons. The minimum absolute atomic E-state index is 0.368. The summed E-state index contributed by atoms with van der Waals surface area (Å²) in [4.78, 5) is 22.8. The molecule has 1 amide bonds. The normalized spacial score (nSPS) is 10.9. The number of ether oxygens (including phenoxy) is 1. The SMILES string of the molecule is COC(=O)C(C)(C)NC(=O)c1ccoc1. The van der Waals surface area contributed by atoms with Crippen LogP contribution in [0.25, 0.3) is 0 Å². The summed E-state index contributed by atoms with van der Waals surface area (Å²) >= 11 is 0. The highest BCUT2D eigenvalue weighted by molar-refractivity contribution is 5.97. The number of methoxy groups -OCH3 is 1. The molecule has 15 heavy (non-hydrogen) atoms. The maximum Gasteiger partial charge on any atom is 0.330 e. The van der Waals surface area contributed by atoms with Crippen LogP contribution in [0.2, 0.25) is 0 Å². The molecule has 0 radical (unpaired) electrons. The first-order valence-electron chi connectivity index (χ1n) is 4.40. The third-order valence-electron chi connectivity index (χ3n) is 1.91. The second-order valence-electron chi connectivity index (χ2n) is 3.58. The van der Waals surface area contributed by atoms with Gasteiger partial charge in [-0.1, -0.05) is 0 Å². The molecule has 1 N–H and O–H groups in total. The van der Waals surface area contributed by atoms with Crippen molar-refractivity contribution >= 4 is 11.9 Å². The van der Waals surface area contributed by atoms with Gasteiger partial charge in [0.15, 0.2) is 0 Å². The molecule has 0 atom stereocenters. The fourth-order valence-corrected chi connectivity index (χ4v) is 1.06. The second-order valence-corrected chi connectivity index (χ2v) is 3.58. The number of amides is 1. The summed E-state index contributed by atoms with van der Waals surface area (Å²) < 4.78 is 9.32. The quantitative estimate of drug-likeness (QED) is 0.756. The van der Waals surface area contributed by atoms with Gasteiger partial charge in [-0.3, -0.25) is 4.79 Å². The van der Waals surface area contributed by atoms with Crippen LogP contribution < -0.4 is 5.32 Å². The van der Waals surface area contributed by atoms with E-state index >= 15 is 0 Å². The molecule has 0 bridgehead atoms. The molecule has 1 rings (SSSR count). The molecule has 0 spiro atoms. The van der Waals surface area contributed by atoms with Crippen molar-refractivity contribution in [1.29, 1.82) is 0 Å². The van der Waals surface area contributed by atoms with Gasteiger partial charge in [0.25, 0.3) is 5.91 Å². The van der Waals surface area contributed by atoms with Gasteiger partial charge in [-0.25, -0.2) is 4.79 Å². The molecular formula is C10H13NO4. The van der Waals surface area contributed by atoms with Crippen LogP contribution in [0, 0.1) is 0 Å². The van der Waals surface area contributed by atoms with E-state index < -0.39 is 11.5 Å². The summed E-state index contributed by atoms with van der Waals surface area (Å²) in [5.74, 6) is -0.876. The molecule has 0 saturated carbocycles.